The molecule has 1 unspecified atom stereocenters. The van der Waals surface area contributed by atoms with Crippen molar-refractivity contribution in [2.45, 2.75) is 12.5 Å². The minimum Gasteiger partial charge on any atom is -0.340 e. The van der Waals surface area contributed by atoms with E-state index in [-0.39, 0.29) is 11.9 Å². The van der Waals surface area contributed by atoms with Gasteiger partial charge in [-0.3, -0.25) is 4.79 Å². The average Bonchev–Trinajstić information content (AvgIpc) is 3.06. The van der Waals surface area contributed by atoms with Gasteiger partial charge in [-0.25, -0.2) is 0 Å². The Balaban J connectivity index is 1.64. The number of nitrogens with one attached hydrogen (secondary N) is 1. The van der Waals surface area contributed by atoms with Crippen LogP contribution in [0.25, 0.3) is 11.5 Å². The summed E-state index contributed by atoms with van der Waals surface area (Å²) in [7, 11) is 0. The first-order valence-corrected chi connectivity index (χ1v) is 6.82. The van der Waals surface area contributed by atoms with Crippen molar-refractivity contribution in [2.75, 3.05) is 0 Å². The highest BCUT2D eigenvalue weighted by Gasteiger charge is 2.29. The van der Waals surface area contributed by atoms with Gasteiger partial charge in [0.25, 0.3) is 5.91 Å². The van der Waals surface area contributed by atoms with Crippen molar-refractivity contribution in [3.8, 4) is 11.5 Å². The predicted octanol–water partition coefficient (Wildman–Crippen LogP) is 1.55. The van der Waals surface area contributed by atoms with Crippen LogP contribution in [0.2, 0.25) is 0 Å². The second kappa shape index (κ2) is 5.03. The van der Waals surface area contributed by atoms with Crippen LogP contribution < -0.4 is 5.32 Å². The summed E-state index contributed by atoms with van der Waals surface area (Å²) in [5.41, 5.74) is 2.18. The lowest BCUT2D eigenvalue weighted by atomic mass is 9.95. The van der Waals surface area contributed by atoms with Crippen LogP contribution in [0.4, 0.5) is 0 Å². The number of rotatable bonds is 2. The van der Waals surface area contributed by atoms with Crippen molar-refractivity contribution < 1.29 is 9.32 Å². The molecule has 0 saturated carbocycles. The summed E-state index contributed by atoms with van der Waals surface area (Å²) in [6, 6.07) is 10.7. The van der Waals surface area contributed by atoms with Crippen LogP contribution in [0.5, 0.6) is 0 Å². The first-order chi connectivity index (χ1) is 10.8. The fourth-order valence-corrected chi connectivity index (χ4v) is 2.48. The third-order valence-corrected chi connectivity index (χ3v) is 3.53. The van der Waals surface area contributed by atoms with E-state index in [0.29, 0.717) is 29.4 Å². The smallest absolute Gasteiger partial charge is 0.252 e. The van der Waals surface area contributed by atoms with E-state index in [4.69, 9.17) is 4.52 Å². The molecule has 22 heavy (non-hydrogen) atoms. The van der Waals surface area contributed by atoms with Crippen LogP contribution in [0, 0.1) is 0 Å². The molecule has 3 heterocycles. The van der Waals surface area contributed by atoms with Gasteiger partial charge in [0.05, 0.1) is 0 Å². The summed E-state index contributed by atoms with van der Waals surface area (Å²) < 4.78 is 5.28. The van der Waals surface area contributed by atoms with Crippen LogP contribution in [-0.4, -0.2) is 26.2 Å². The van der Waals surface area contributed by atoms with Crippen LogP contribution >= 0.6 is 0 Å². The number of hydrogen-bond donors (Lipinski definition) is 1. The molecule has 1 N–H and O–H groups in total. The molecular formula is C15H11N5O2. The number of carbonyl (C=O) groups is 1. The van der Waals surface area contributed by atoms with Gasteiger partial charge in [-0.05, 0) is 23.8 Å². The minimum absolute atomic E-state index is 0.133. The maximum absolute atomic E-state index is 12.1. The van der Waals surface area contributed by atoms with E-state index in [1.807, 2.05) is 18.2 Å². The first-order valence-electron chi connectivity index (χ1n) is 6.82. The fraction of sp³-hybridized carbons (Fsp3) is 0.133. The third kappa shape index (κ3) is 2.12. The molecule has 0 saturated heterocycles. The molecule has 1 aromatic carbocycles. The largest absolute Gasteiger partial charge is 0.340 e. The van der Waals surface area contributed by atoms with Crippen LogP contribution in [0.1, 0.15) is 27.9 Å². The minimum atomic E-state index is -0.333. The average molecular weight is 293 g/mol. The van der Waals surface area contributed by atoms with Gasteiger partial charge in [0, 0.05) is 18.2 Å². The molecule has 0 spiro atoms. The van der Waals surface area contributed by atoms with Crippen molar-refractivity contribution in [2.24, 2.45) is 0 Å². The fourth-order valence-electron chi connectivity index (χ4n) is 2.48. The van der Waals surface area contributed by atoms with Crippen LogP contribution in [0.15, 0.2) is 47.1 Å². The third-order valence-electron chi connectivity index (χ3n) is 3.53. The molecule has 0 bridgehead atoms. The molecule has 3 aromatic rings. The van der Waals surface area contributed by atoms with Gasteiger partial charge in [-0.1, -0.05) is 23.4 Å². The topological polar surface area (TPSA) is 93.8 Å². The van der Waals surface area contributed by atoms with Gasteiger partial charge in [0.1, 0.15) is 11.7 Å². The molecule has 0 aliphatic carbocycles. The highest BCUT2D eigenvalue weighted by Crippen LogP contribution is 2.25. The lowest BCUT2D eigenvalue weighted by Gasteiger charge is -2.22. The molecule has 7 heteroatoms. The van der Waals surface area contributed by atoms with E-state index in [2.05, 4.69) is 25.7 Å². The Bertz CT molecular complexity index is 831. The second-order valence-electron chi connectivity index (χ2n) is 4.95. The molecule has 108 valence electrons. The standard InChI is InChI=1S/C15H11N5O2/c21-14-10-5-2-1-4-9(10)8-12(17-14)15-18-13(20-22-15)11-6-3-7-16-19-11/h1-7,12H,8H2,(H,17,21). The summed E-state index contributed by atoms with van der Waals surface area (Å²) in [5, 5.41) is 14.5. The number of fused-ring (bicyclic) bond motifs is 1. The van der Waals surface area contributed by atoms with E-state index in [1.54, 1.807) is 24.4 Å². The quantitative estimate of drug-likeness (QED) is 0.770. The maximum Gasteiger partial charge on any atom is 0.252 e. The highest BCUT2D eigenvalue weighted by molar-refractivity contribution is 5.97. The maximum atomic E-state index is 12.1. The molecule has 1 aliphatic rings. The zero-order chi connectivity index (χ0) is 14.9. The Morgan fingerprint density at radius 2 is 2.09 bits per heavy atom. The summed E-state index contributed by atoms with van der Waals surface area (Å²) in [4.78, 5) is 16.4. The van der Waals surface area contributed by atoms with Crippen molar-refractivity contribution in [1.29, 1.82) is 0 Å². The monoisotopic (exact) mass is 293 g/mol. The predicted molar refractivity (Wildman–Crippen MR) is 75.7 cm³/mol. The number of benzene rings is 1. The summed E-state index contributed by atoms with van der Waals surface area (Å²) >= 11 is 0. The zero-order valence-electron chi connectivity index (χ0n) is 11.4. The van der Waals surface area contributed by atoms with Gasteiger partial charge in [-0.15, -0.1) is 5.10 Å². The van der Waals surface area contributed by atoms with Gasteiger partial charge in [-0.2, -0.15) is 10.1 Å². The van der Waals surface area contributed by atoms with Crippen molar-refractivity contribution in [1.82, 2.24) is 25.7 Å². The van der Waals surface area contributed by atoms with Gasteiger partial charge in [0.15, 0.2) is 0 Å². The molecule has 7 nitrogen and oxygen atoms in total. The molecule has 2 aromatic heterocycles. The van der Waals surface area contributed by atoms with Crippen LogP contribution in [-0.2, 0) is 6.42 Å². The van der Waals surface area contributed by atoms with E-state index in [9.17, 15) is 4.79 Å². The number of aromatic nitrogens is 4. The molecule has 1 aliphatic heterocycles. The Hall–Kier alpha value is -3.09. The van der Waals surface area contributed by atoms with Crippen molar-refractivity contribution in [3.63, 3.8) is 0 Å². The van der Waals surface area contributed by atoms with Crippen molar-refractivity contribution >= 4 is 5.91 Å². The lowest BCUT2D eigenvalue weighted by molar-refractivity contribution is 0.0915. The molecule has 4 rings (SSSR count). The second-order valence-corrected chi connectivity index (χ2v) is 4.95. The lowest BCUT2D eigenvalue weighted by Crippen LogP contribution is -2.35. The zero-order valence-corrected chi connectivity index (χ0v) is 11.4. The van der Waals surface area contributed by atoms with E-state index in [1.165, 1.54) is 0 Å². The summed E-state index contributed by atoms with van der Waals surface area (Å²) in [5.74, 6) is 0.589. The summed E-state index contributed by atoms with van der Waals surface area (Å²) in [6.07, 6.45) is 2.19. The van der Waals surface area contributed by atoms with Gasteiger partial charge in [0.2, 0.25) is 11.7 Å². The normalized spacial score (nSPS) is 16.9. The van der Waals surface area contributed by atoms with Gasteiger partial charge < -0.3 is 9.84 Å². The molecule has 1 amide bonds. The number of carbonyl (C=O) groups excluding carboxylic acids is 1. The SMILES string of the molecule is O=C1NC(c2nc(-c3cccnn3)no2)Cc2ccccc21. The number of amides is 1. The Labute approximate surface area is 125 Å². The number of hydrogen-bond acceptors (Lipinski definition) is 6. The molecule has 0 radical (unpaired) electrons. The molecular weight excluding hydrogens is 282 g/mol. The number of nitrogens with zero attached hydrogens (tertiary/aromatic N) is 4. The van der Waals surface area contributed by atoms with Crippen molar-refractivity contribution in [3.05, 3.63) is 59.6 Å². The summed E-state index contributed by atoms with van der Waals surface area (Å²) in [6.45, 7) is 0. The Morgan fingerprint density at radius 3 is 2.95 bits per heavy atom. The Kier molecular flexibility index (Phi) is 2.89. The van der Waals surface area contributed by atoms with Crippen LogP contribution in [0.3, 0.4) is 0 Å². The molecule has 1 atom stereocenters. The Morgan fingerprint density at radius 1 is 1.18 bits per heavy atom. The van der Waals surface area contributed by atoms with E-state index in [0.717, 1.165) is 5.56 Å². The molecule has 0 fully saturated rings. The van der Waals surface area contributed by atoms with E-state index >= 15 is 0 Å². The van der Waals surface area contributed by atoms with E-state index < -0.39 is 0 Å². The van der Waals surface area contributed by atoms with Gasteiger partial charge >= 0.3 is 0 Å². The first kappa shape index (κ1) is 12.6. The highest BCUT2D eigenvalue weighted by atomic mass is 16.5.